The van der Waals surface area contributed by atoms with E-state index in [1.807, 2.05) is 32.9 Å². The first kappa shape index (κ1) is 13.3. The molecule has 0 aliphatic rings. The fraction of sp³-hybridized carbons (Fsp3) is 0.333. The lowest BCUT2D eigenvalue weighted by molar-refractivity contribution is 0.299. The van der Waals surface area contributed by atoms with Gasteiger partial charge in [-0.25, -0.2) is 5.10 Å². The molecule has 1 aromatic heterocycles. The molecular formula is C15H18N2O2. The van der Waals surface area contributed by atoms with E-state index in [-0.39, 0.29) is 11.5 Å². The zero-order valence-electron chi connectivity index (χ0n) is 11.5. The summed E-state index contributed by atoms with van der Waals surface area (Å²) in [6.45, 7) is 10.5. The molecule has 0 saturated heterocycles. The first-order valence-corrected chi connectivity index (χ1v) is 6.39. The maximum Gasteiger partial charge on any atom is 0.272 e. The summed E-state index contributed by atoms with van der Waals surface area (Å²) in [5.74, 6) is 0.842. The molecule has 2 aromatic rings. The third kappa shape index (κ3) is 2.52. The molecule has 1 aromatic carbocycles. The highest BCUT2D eigenvalue weighted by atomic mass is 16.5. The molecule has 19 heavy (non-hydrogen) atoms. The Morgan fingerprint density at radius 3 is 2.79 bits per heavy atom. The van der Waals surface area contributed by atoms with E-state index in [4.69, 9.17) is 4.74 Å². The van der Waals surface area contributed by atoms with Gasteiger partial charge in [-0.2, -0.15) is 5.10 Å². The molecule has 100 valence electrons. The van der Waals surface area contributed by atoms with Gasteiger partial charge in [-0.3, -0.25) is 4.79 Å². The van der Waals surface area contributed by atoms with Crippen LogP contribution in [0.2, 0.25) is 0 Å². The topological polar surface area (TPSA) is 55.0 Å². The average molecular weight is 258 g/mol. The molecule has 0 aliphatic carbocycles. The van der Waals surface area contributed by atoms with Crippen LogP contribution in [0.15, 0.2) is 29.6 Å². The zero-order chi connectivity index (χ0) is 14.0. The number of hydrogen-bond acceptors (Lipinski definition) is 3. The first-order chi connectivity index (χ1) is 9.04. The van der Waals surface area contributed by atoms with Crippen LogP contribution in [0.4, 0.5) is 0 Å². The third-order valence-electron chi connectivity index (χ3n) is 3.01. The molecule has 0 fully saturated rings. The molecule has 0 amide bonds. The van der Waals surface area contributed by atoms with E-state index >= 15 is 0 Å². The summed E-state index contributed by atoms with van der Waals surface area (Å²) in [6, 6.07) is 5.56. The van der Waals surface area contributed by atoms with Crippen molar-refractivity contribution in [3.63, 3.8) is 0 Å². The number of fused-ring (bicyclic) bond motifs is 1. The van der Waals surface area contributed by atoms with E-state index in [1.54, 1.807) is 6.07 Å². The lowest BCUT2D eigenvalue weighted by Crippen LogP contribution is -2.12. The van der Waals surface area contributed by atoms with Gasteiger partial charge in [0, 0.05) is 10.9 Å². The first-order valence-electron chi connectivity index (χ1n) is 6.39. The van der Waals surface area contributed by atoms with Crippen molar-refractivity contribution in [2.24, 2.45) is 0 Å². The number of aromatic nitrogens is 2. The predicted octanol–water partition coefficient (Wildman–Crippen LogP) is 3.05. The minimum absolute atomic E-state index is 0.173. The highest BCUT2D eigenvalue weighted by Crippen LogP contribution is 2.24. The second-order valence-corrected chi connectivity index (χ2v) is 4.71. The lowest BCUT2D eigenvalue weighted by atomic mass is 10.0. The Morgan fingerprint density at radius 1 is 1.42 bits per heavy atom. The average Bonchev–Trinajstić information content (AvgIpc) is 2.38. The molecule has 0 aliphatic heterocycles. The maximum absolute atomic E-state index is 11.8. The highest BCUT2D eigenvalue weighted by molar-refractivity contribution is 5.86. The summed E-state index contributed by atoms with van der Waals surface area (Å²) in [5, 5.41) is 8.19. The van der Waals surface area contributed by atoms with E-state index in [1.165, 1.54) is 0 Å². The van der Waals surface area contributed by atoms with Crippen molar-refractivity contribution in [1.82, 2.24) is 10.2 Å². The van der Waals surface area contributed by atoms with Crippen molar-refractivity contribution in [2.45, 2.75) is 26.7 Å². The third-order valence-corrected chi connectivity index (χ3v) is 3.01. The number of nitrogens with zero attached hydrogens (tertiary/aromatic N) is 1. The van der Waals surface area contributed by atoms with Crippen LogP contribution < -0.4 is 5.56 Å². The Kier molecular flexibility index (Phi) is 3.69. The van der Waals surface area contributed by atoms with Crippen molar-refractivity contribution in [3.05, 3.63) is 46.4 Å². The van der Waals surface area contributed by atoms with Gasteiger partial charge >= 0.3 is 0 Å². The van der Waals surface area contributed by atoms with Gasteiger partial charge < -0.3 is 4.74 Å². The molecule has 0 radical (unpaired) electrons. The van der Waals surface area contributed by atoms with Crippen molar-refractivity contribution >= 4 is 16.5 Å². The zero-order valence-corrected chi connectivity index (χ0v) is 11.5. The minimum atomic E-state index is -0.173. The van der Waals surface area contributed by atoms with E-state index in [0.29, 0.717) is 17.8 Å². The van der Waals surface area contributed by atoms with Crippen molar-refractivity contribution < 1.29 is 4.74 Å². The summed E-state index contributed by atoms with van der Waals surface area (Å²) in [7, 11) is 0. The fourth-order valence-electron chi connectivity index (χ4n) is 2.06. The Balaban J connectivity index is 2.66. The molecule has 4 nitrogen and oxygen atoms in total. The Labute approximate surface area is 112 Å². The van der Waals surface area contributed by atoms with Crippen LogP contribution in [0.5, 0.6) is 0 Å². The van der Waals surface area contributed by atoms with Gasteiger partial charge in [-0.05, 0) is 25.0 Å². The number of ether oxygens (including phenoxy) is 1. The summed E-state index contributed by atoms with van der Waals surface area (Å²) in [6.07, 6.45) is 0. The number of hydrogen-bond donors (Lipinski definition) is 1. The van der Waals surface area contributed by atoms with Crippen molar-refractivity contribution in [1.29, 1.82) is 0 Å². The molecule has 0 bridgehead atoms. The van der Waals surface area contributed by atoms with Crippen LogP contribution in [0.25, 0.3) is 16.5 Å². The number of nitrogens with one attached hydrogen (secondary N) is 1. The molecular weight excluding hydrogens is 240 g/mol. The smallest absolute Gasteiger partial charge is 0.272 e. The highest BCUT2D eigenvalue weighted by Gasteiger charge is 2.11. The Hall–Kier alpha value is -2.10. The molecule has 1 N–H and O–H groups in total. The summed E-state index contributed by atoms with van der Waals surface area (Å²) in [5.41, 5.74) is 1.58. The quantitative estimate of drug-likeness (QED) is 0.857. The van der Waals surface area contributed by atoms with Crippen LogP contribution in [0, 0.1) is 0 Å². The van der Waals surface area contributed by atoms with Crippen LogP contribution in [0.3, 0.4) is 0 Å². The van der Waals surface area contributed by atoms with E-state index in [0.717, 1.165) is 16.6 Å². The number of rotatable bonds is 4. The number of H-pyrrole nitrogens is 1. The SMILES string of the molecule is C=C(OCC)c1ccc2c(=O)[nH]nc(C(C)C)c2c1. The van der Waals surface area contributed by atoms with Crippen LogP contribution in [0.1, 0.15) is 37.9 Å². The summed E-state index contributed by atoms with van der Waals surface area (Å²) in [4.78, 5) is 11.8. The van der Waals surface area contributed by atoms with Crippen LogP contribution >= 0.6 is 0 Å². The molecule has 0 atom stereocenters. The summed E-state index contributed by atoms with van der Waals surface area (Å²) >= 11 is 0. The lowest BCUT2D eigenvalue weighted by Gasteiger charge is -2.11. The minimum Gasteiger partial charge on any atom is -0.494 e. The fourth-order valence-corrected chi connectivity index (χ4v) is 2.06. The molecule has 1 heterocycles. The maximum atomic E-state index is 11.8. The molecule has 2 rings (SSSR count). The van der Waals surface area contributed by atoms with Crippen molar-refractivity contribution in [3.8, 4) is 0 Å². The number of benzene rings is 1. The van der Waals surface area contributed by atoms with Gasteiger partial charge in [0.2, 0.25) is 0 Å². The largest absolute Gasteiger partial charge is 0.494 e. The molecule has 0 spiro atoms. The molecule has 4 heteroatoms. The van der Waals surface area contributed by atoms with Crippen LogP contribution in [-0.2, 0) is 4.74 Å². The standard InChI is InChI=1S/C15H18N2O2/c1-5-19-10(4)11-6-7-12-13(8-11)14(9(2)3)16-17-15(12)18/h6-9H,4-5H2,1-3H3,(H,17,18). The summed E-state index contributed by atoms with van der Waals surface area (Å²) < 4.78 is 5.41. The number of aromatic amines is 1. The normalized spacial score (nSPS) is 10.9. The van der Waals surface area contributed by atoms with Gasteiger partial charge in [0.05, 0.1) is 17.7 Å². The second-order valence-electron chi connectivity index (χ2n) is 4.71. The Morgan fingerprint density at radius 2 is 2.16 bits per heavy atom. The van der Waals surface area contributed by atoms with Gasteiger partial charge in [0.1, 0.15) is 5.76 Å². The predicted molar refractivity (Wildman–Crippen MR) is 77.1 cm³/mol. The molecule has 0 unspecified atom stereocenters. The van der Waals surface area contributed by atoms with E-state index in [9.17, 15) is 4.79 Å². The van der Waals surface area contributed by atoms with Crippen molar-refractivity contribution in [2.75, 3.05) is 6.61 Å². The van der Waals surface area contributed by atoms with Gasteiger partial charge in [0.15, 0.2) is 0 Å². The molecule has 0 saturated carbocycles. The Bertz CT molecular complexity index is 671. The van der Waals surface area contributed by atoms with Crippen LogP contribution in [-0.4, -0.2) is 16.8 Å². The monoisotopic (exact) mass is 258 g/mol. The van der Waals surface area contributed by atoms with E-state index in [2.05, 4.69) is 16.8 Å². The van der Waals surface area contributed by atoms with Gasteiger partial charge in [0.25, 0.3) is 5.56 Å². The second kappa shape index (κ2) is 5.26. The van der Waals surface area contributed by atoms with E-state index < -0.39 is 0 Å². The van der Waals surface area contributed by atoms with Gasteiger partial charge in [-0.15, -0.1) is 0 Å². The van der Waals surface area contributed by atoms with Gasteiger partial charge in [-0.1, -0.05) is 26.5 Å².